The number of dihydropyridines is 1. The van der Waals surface area contributed by atoms with Crippen LogP contribution < -0.4 is 5.32 Å². The second-order valence-electron chi connectivity index (χ2n) is 6.77. The lowest BCUT2D eigenvalue weighted by molar-refractivity contribution is -0.156. The first kappa shape index (κ1) is 22.4. The Balaban J connectivity index is 2.30. The van der Waals surface area contributed by atoms with Gasteiger partial charge in [0.15, 0.2) is 6.61 Å². The molecule has 0 aromatic heterocycles. The van der Waals surface area contributed by atoms with E-state index in [0.717, 1.165) is 12.8 Å². The molecule has 2 aliphatic heterocycles. The van der Waals surface area contributed by atoms with E-state index in [0.29, 0.717) is 24.5 Å². The van der Waals surface area contributed by atoms with Crippen LogP contribution in [0.4, 0.5) is 0 Å². The topological polar surface area (TPSA) is 111 Å². The smallest absolute Gasteiger partial charge is 0.337 e. The van der Waals surface area contributed by atoms with Crippen LogP contribution in [0.15, 0.2) is 22.5 Å². The van der Waals surface area contributed by atoms with Crippen LogP contribution >= 0.6 is 0 Å². The summed E-state index contributed by atoms with van der Waals surface area (Å²) in [5.74, 6) is -3.98. The number of nitrogens with one attached hydrogen (secondary N) is 1. The van der Waals surface area contributed by atoms with Gasteiger partial charge in [-0.2, -0.15) is 0 Å². The highest BCUT2D eigenvalue weighted by atomic mass is 16.5. The molecule has 0 atom stereocenters. The van der Waals surface area contributed by atoms with E-state index in [1.165, 1.54) is 0 Å². The number of nitrogens with zero attached hydrogens (tertiary/aromatic N) is 1. The Hall–Kier alpha value is -2.84. The Morgan fingerprint density at radius 3 is 1.83 bits per heavy atom. The standard InChI is InChI=1S/C20H28N2O7/c1-5-27-18(24)15-12(3)21-13(4)16(19(25)28-6-2)17(15)20(26)29-11-14(23)22-9-7-8-10-22/h17,21H,5-11H2,1-4H3. The predicted molar refractivity (Wildman–Crippen MR) is 102 cm³/mol. The second-order valence-corrected chi connectivity index (χ2v) is 6.77. The highest BCUT2D eigenvalue weighted by Crippen LogP contribution is 2.32. The molecule has 1 N–H and O–H groups in total. The number of allylic oxidation sites excluding steroid dienone is 2. The number of hydrogen-bond acceptors (Lipinski definition) is 8. The van der Waals surface area contributed by atoms with Crippen molar-refractivity contribution in [2.75, 3.05) is 32.9 Å². The third-order valence-electron chi connectivity index (χ3n) is 4.78. The van der Waals surface area contributed by atoms with Crippen molar-refractivity contribution < 1.29 is 33.4 Å². The molecule has 2 rings (SSSR count). The number of likely N-dealkylation sites (tertiary alicyclic amines) is 1. The van der Waals surface area contributed by atoms with Gasteiger partial charge in [-0.3, -0.25) is 9.59 Å². The minimum atomic E-state index is -1.33. The first-order valence-electron chi connectivity index (χ1n) is 9.78. The monoisotopic (exact) mass is 408 g/mol. The molecule has 9 nitrogen and oxygen atoms in total. The van der Waals surface area contributed by atoms with Crippen molar-refractivity contribution in [2.24, 2.45) is 5.92 Å². The lowest BCUT2D eigenvalue weighted by Crippen LogP contribution is -2.39. The number of ether oxygens (including phenoxy) is 3. The lowest BCUT2D eigenvalue weighted by Gasteiger charge is -2.28. The maximum atomic E-state index is 12.9. The van der Waals surface area contributed by atoms with Crippen LogP contribution in [0, 0.1) is 5.92 Å². The molecule has 0 unspecified atom stereocenters. The fraction of sp³-hybridized carbons (Fsp3) is 0.600. The zero-order valence-electron chi connectivity index (χ0n) is 17.3. The van der Waals surface area contributed by atoms with Crippen LogP contribution in [0.25, 0.3) is 0 Å². The Morgan fingerprint density at radius 1 is 0.897 bits per heavy atom. The normalized spacial score (nSPS) is 17.2. The van der Waals surface area contributed by atoms with E-state index >= 15 is 0 Å². The predicted octanol–water partition coefficient (Wildman–Crippen LogP) is 1.05. The van der Waals surface area contributed by atoms with Gasteiger partial charge in [0.25, 0.3) is 5.91 Å². The van der Waals surface area contributed by atoms with E-state index in [-0.39, 0.29) is 30.3 Å². The molecule has 2 aliphatic rings. The fourth-order valence-corrected chi connectivity index (χ4v) is 3.46. The number of carbonyl (C=O) groups is 4. The Morgan fingerprint density at radius 2 is 1.38 bits per heavy atom. The van der Waals surface area contributed by atoms with Gasteiger partial charge in [0, 0.05) is 24.5 Å². The molecule has 1 fully saturated rings. The van der Waals surface area contributed by atoms with Gasteiger partial charge in [-0.25, -0.2) is 9.59 Å². The van der Waals surface area contributed by atoms with Crippen molar-refractivity contribution >= 4 is 23.8 Å². The van der Waals surface area contributed by atoms with Crippen LogP contribution in [-0.4, -0.2) is 61.6 Å². The number of esters is 3. The van der Waals surface area contributed by atoms with Crippen molar-refractivity contribution in [1.82, 2.24) is 10.2 Å². The van der Waals surface area contributed by atoms with Crippen LogP contribution in [0.3, 0.4) is 0 Å². The lowest BCUT2D eigenvalue weighted by atomic mass is 9.85. The summed E-state index contributed by atoms with van der Waals surface area (Å²) in [7, 11) is 0. The fourth-order valence-electron chi connectivity index (χ4n) is 3.46. The third-order valence-corrected chi connectivity index (χ3v) is 4.78. The van der Waals surface area contributed by atoms with Gasteiger partial charge >= 0.3 is 17.9 Å². The maximum absolute atomic E-state index is 12.9. The molecular formula is C20H28N2O7. The van der Waals surface area contributed by atoms with E-state index in [1.54, 1.807) is 32.6 Å². The van der Waals surface area contributed by atoms with Crippen molar-refractivity contribution in [2.45, 2.75) is 40.5 Å². The Bertz CT molecular complexity index is 708. The van der Waals surface area contributed by atoms with Gasteiger partial charge in [0.1, 0.15) is 5.92 Å². The van der Waals surface area contributed by atoms with E-state index in [1.807, 2.05) is 0 Å². The summed E-state index contributed by atoms with van der Waals surface area (Å²) in [6.45, 7) is 7.49. The van der Waals surface area contributed by atoms with Gasteiger partial charge in [-0.1, -0.05) is 0 Å². The molecule has 1 saturated heterocycles. The average Bonchev–Trinajstić information content (AvgIpc) is 3.20. The summed E-state index contributed by atoms with van der Waals surface area (Å²) in [5, 5.41) is 2.93. The van der Waals surface area contributed by atoms with E-state index in [4.69, 9.17) is 14.2 Å². The molecule has 0 bridgehead atoms. The van der Waals surface area contributed by atoms with E-state index in [2.05, 4.69) is 5.32 Å². The summed E-state index contributed by atoms with van der Waals surface area (Å²) in [5.41, 5.74) is 0.696. The van der Waals surface area contributed by atoms with Gasteiger partial charge in [-0.05, 0) is 40.5 Å². The molecular weight excluding hydrogens is 380 g/mol. The van der Waals surface area contributed by atoms with Crippen molar-refractivity contribution in [3.8, 4) is 0 Å². The summed E-state index contributed by atoms with van der Waals surface area (Å²) in [6.07, 6.45) is 1.83. The van der Waals surface area contributed by atoms with E-state index < -0.39 is 30.4 Å². The zero-order valence-corrected chi connectivity index (χ0v) is 17.3. The summed E-state index contributed by atoms with van der Waals surface area (Å²) in [6, 6.07) is 0. The SMILES string of the molecule is CCOC(=O)C1=C(C)NC(C)=C(C(=O)OCC)C1C(=O)OCC(=O)N1CCCC1. The summed E-state index contributed by atoms with van der Waals surface area (Å²) < 4.78 is 15.4. The minimum absolute atomic E-state index is 0.0286. The van der Waals surface area contributed by atoms with Crippen molar-refractivity contribution in [3.05, 3.63) is 22.5 Å². The maximum Gasteiger partial charge on any atom is 0.337 e. The quantitative estimate of drug-likeness (QED) is 0.491. The zero-order chi connectivity index (χ0) is 21.6. The van der Waals surface area contributed by atoms with Gasteiger partial charge in [0.2, 0.25) is 0 Å². The third kappa shape index (κ3) is 5.16. The Kier molecular flexibility index (Phi) is 7.81. The highest BCUT2D eigenvalue weighted by Gasteiger charge is 2.42. The molecule has 0 aromatic rings. The van der Waals surface area contributed by atoms with Crippen molar-refractivity contribution in [3.63, 3.8) is 0 Å². The van der Waals surface area contributed by atoms with Crippen LogP contribution in [0.5, 0.6) is 0 Å². The molecule has 29 heavy (non-hydrogen) atoms. The number of hydrogen-bond donors (Lipinski definition) is 1. The highest BCUT2D eigenvalue weighted by molar-refractivity contribution is 6.05. The molecule has 9 heteroatoms. The van der Waals surface area contributed by atoms with Crippen LogP contribution in [0.2, 0.25) is 0 Å². The number of rotatable bonds is 7. The summed E-state index contributed by atoms with van der Waals surface area (Å²) in [4.78, 5) is 51.8. The molecule has 0 saturated carbocycles. The molecule has 160 valence electrons. The van der Waals surface area contributed by atoms with Crippen LogP contribution in [0.1, 0.15) is 40.5 Å². The first-order valence-corrected chi connectivity index (χ1v) is 9.78. The number of amides is 1. The van der Waals surface area contributed by atoms with Crippen molar-refractivity contribution in [1.29, 1.82) is 0 Å². The summed E-state index contributed by atoms with van der Waals surface area (Å²) >= 11 is 0. The largest absolute Gasteiger partial charge is 0.463 e. The first-order chi connectivity index (χ1) is 13.8. The van der Waals surface area contributed by atoms with Crippen LogP contribution in [-0.2, 0) is 33.4 Å². The second kappa shape index (κ2) is 10.1. The minimum Gasteiger partial charge on any atom is -0.463 e. The molecule has 0 aromatic carbocycles. The average molecular weight is 408 g/mol. The Labute approximate surface area is 170 Å². The molecule has 0 radical (unpaired) electrons. The van der Waals surface area contributed by atoms with Gasteiger partial charge in [-0.15, -0.1) is 0 Å². The molecule has 2 heterocycles. The van der Waals surface area contributed by atoms with E-state index in [9.17, 15) is 19.2 Å². The molecule has 0 spiro atoms. The van der Waals surface area contributed by atoms with Gasteiger partial charge < -0.3 is 24.4 Å². The molecule has 1 amide bonds. The molecule has 0 aliphatic carbocycles. The van der Waals surface area contributed by atoms with Gasteiger partial charge in [0.05, 0.1) is 24.4 Å². The number of carbonyl (C=O) groups excluding carboxylic acids is 4.